The van der Waals surface area contributed by atoms with Crippen LogP contribution in [0.4, 0.5) is 0 Å². The van der Waals surface area contributed by atoms with E-state index in [0.717, 1.165) is 0 Å². The molecular formula is C13H18N2O5. The Morgan fingerprint density at radius 3 is 2.35 bits per heavy atom. The van der Waals surface area contributed by atoms with Crippen molar-refractivity contribution in [3.05, 3.63) is 18.1 Å². The van der Waals surface area contributed by atoms with Gasteiger partial charge in [0.2, 0.25) is 11.8 Å². The first kappa shape index (κ1) is 15.9. The molecule has 0 aliphatic rings. The van der Waals surface area contributed by atoms with Crippen LogP contribution in [0.15, 0.2) is 12.3 Å². The van der Waals surface area contributed by atoms with Gasteiger partial charge in [-0.15, -0.1) is 0 Å². The van der Waals surface area contributed by atoms with Gasteiger partial charge in [0.1, 0.15) is 5.60 Å². The molecule has 110 valence electrons. The molecule has 0 aliphatic heterocycles. The highest BCUT2D eigenvalue weighted by atomic mass is 16.6. The minimum absolute atomic E-state index is 0.0227. The summed E-state index contributed by atoms with van der Waals surface area (Å²) in [6, 6.07) is 1.51. The van der Waals surface area contributed by atoms with E-state index in [1.165, 1.54) is 26.5 Å². The van der Waals surface area contributed by atoms with E-state index in [9.17, 15) is 9.59 Å². The molecule has 0 fully saturated rings. The Balaban J connectivity index is 3.12. The Labute approximate surface area is 117 Å². The van der Waals surface area contributed by atoms with Gasteiger partial charge in [-0.25, -0.2) is 4.98 Å². The van der Waals surface area contributed by atoms with Crippen molar-refractivity contribution < 1.29 is 23.8 Å². The normalized spacial score (nSPS) is 12.4. The van der Waals surface area contributed by atoms with Crippen molar-refractivity contribution >= 4 is 11.9 Å². The van der Waals surface area contributed by atoms with Crippen molar-refractivity contribution in [2.45, 2.75) is 32.3 Å². The van der Waals surface area contributed by atoms with Crippen LogP contribution in [0.5, 0.6) is 5.88 Å². The molecule has 1 aromatic rings. The van der Waals surface area contributed by atoms with E-state index < -0.39 is 23.5 Å². The maximum absolute atomic E-state index is 12.1. The Bertz CT molecular complexity index is 496. The number of nitrogens with zero attached hydrogens (tertiary/aromatic N) is 2. The molecule has 7 heteroatoms. The van der Waals surface area contributed by atoms with Gasteiger partial charge in [0.05, 0.1) is 14.2 Å². The summed E-state index contributed by atoms with van der Waals surface area (Å²) in [4.78, 5) is 31.8. The summed E-state index contributed by atoms with van der Waals surface area (Å²) in [6.45, 7) is 5.10. The lowest BCUT2D eigenvalue weighted by molar-refractivity contribution is -0.163. The minimum Gasteiger partial charge on any atom is -0.481 e. The van der Waals surface area contributed by atoms with Crippen molar-refractivity contribution in [2.75, 3.05) is 14.2 Å². The third-order valence-corrected chi connectivity index (χ3v) is 2.20. The fourth-order valence-electron chi connectivity index (χ4n) is 1.39. The third kappa shape index (κ3) is 4.18. The summed E-state index contributed by atoms with van der Waals surface area (Å²) in [6.07, 6.45) is 1.39. The molecule has 20 heavy (non-hydrogen) atoms. The first-order valence-corrected chi connectivity index (χ1v) is 5.96. The number of hydrogen-bond donors (Lipinski definition) is 0. The summed E-state index contributed by atoms with van der Waals surface area (Å²) in [5.74, 6) is -2.67. The van der Waals surface area contributed by atoms with Crippen LogP contribution in [0, 0.1) is 0 Å². The smallest absolute Gasteiger partial charge is 0.328 e. The van der Waals surface area contributed by atoms with E-state index in [0.29, 0.717) is 0 Å². The van der Waals surface area contributed by atoms with Crippen LogP contribution in [0.25, 0.3) is 0 Å². The Hall–Kier alpha value is -2.18. The fraction of sp³-hybridized carbons (Fsp3) is 0.538. The summed E-state index contributed by atoms with van der Waals surface area (Å²) in [5, 5.41) is 0. The van der Waals surface area contributed by atoms with E-state index in [-0.39, 0.29) is 11.7 Å². The van der Waals surface area contributed by atoms with Crippen molar-refractivity contribution in [3.63, 3.8) is 0 Å². The first-order chi connectivity index (χ1) is 9.28. The van der Waals surface area contributed by atoms with Gasteiger partial charge >= 0.3 is 11.9 Å². The predicted octanol–water partition coefficient (Wildman–Crippen LogP) is 1.08. The highest BCUT2D eigenvalue weighted by Gasteiger charge is 2.36. The zero-order chi connectivity index (χ0) is 15.3. The molecule has 1 heterocycles. The number of ether oxygens (including phenoxy) is 3. The average molecular weight is 282 g/mol. The summed E-state index contributed by atoms with van der Waals surface area (Å²) in [7, 11) is 2.60. The van der Waals surface area contributed by atoms with Gasteiger partial charge in [0, 0.05) is 12.3 Å². The number of hydrogen-bond acceptors (Lipinski definition) is 7. The first-order valence-electron chi connectivity index (χ1n) is 5.96. The van der Waals surface area contributed by atoms with Crippen LogP contribution in [0.1, 0.15) is 32.5 Å². The van der Waals surface area contributed by atoms with Gasteiger partial charge in [-0.3, -0.25) is 9.59 Å². The largest absolute Gasteiger partial charge is 0.481 e. The molecule has 0 saturated carbocycles. The molecule has 0 bridgehead atoms. The molecule has 1 aromatic heterocycles. The number of aromatic nitrogens is 2. The molecule has 0 aliphatic carbocycles. The fourth-order valence-corrected chi connectivity index (χ4v) is 1.39. The van der Waals surface area contributed by atoms with Crippen molar-refractivity contribution in [1.82, 2.24) is 9.97 Å². The molecule has 0 radical (unpaired) electrons. The molecule has 0 saturated heterocycles. The second-order valence-electron chi connectivity index (χ2n) is 4.95. The standard InChI is InChI=1S/C13H18N2O5/c1-13(2,3)20-12(17)9(11(16)19-5)10-14-7-6-8(15-10)18-4/h6-7,9H,1-5H3. The van der Waals surface area contributed by atoms with E-state index in [1.54, 1.807) is 20.8 Å². The minimum atomic E-state index is -1.34. The highest BCUT2D eigenvalue weighted by Crippen LogP contribution is 2.20. The van der Waals surface area contributed by atoms with Crippen molar-refractivity contribution in [2.24, 2.45) is 0 Å². The SMILES string of the molecule is COC(=O)C(C(=O)OC(C)(C)C)c1nccc(OC)n1. The zero-order valence-corrected chi connectivity index (χ0v) is 12.2. The van der Waals surface area contributed by atoms with E-state index in [1.807, 2.05) is 0 Å². The summed E-state index contributed by atoms with van der Waals surface area (Å²) in [5.41, 5.74) is -0.734. The Morgan fingerprint density at radius 2 is 1.85 bits per heavy atom. The van der Waals surface area contributed by atoms with Crippen LogP contribution in [-0.2, 0) is 19.1 Å². The van der Waals surface area contributed by atoms with Crippen LogP contribution in [-0.4, -0.2) is 41.7 Å². The lowest BCUT2D eigenvalue weighted by Crippen LogP contribution is -2.33. The molecule has 0 N–H and O–H groups in total. The number of esters is 2. The van der Waals surface area contributed by atoms with Gasteiger partial charge in [0.15, 0.2) is 5.82 Å². The van der Waals surface area contributed by atoms with Gasteiger partial charge in [-0.2, -0.15) is 4.98 Å². The molecule has 0 amide bonds. The van der Waals surface area contributed by atoms with Gasteiger partial charge in [0.25, 0.3) is 0 Å². The summed E-state index contributed by atoms with van der Waals surface area (Å²) < 4.78 is 14.7. The number of methoxy groups -OCH3 is 2. The quantitative estimate of drug-likeness (QED) is 0.603. The van der Waals surface area contributed by atoms with Gasteiger partial charge in [-0.05, 0) is 20.8 Å². The number of carbonyl (C=O) groups excluding carboxylic acids is 2. The lowest BCUT2D eigenvalue weighted by atomic mass is 10.1. The van der Waals surface area contributed by atoms with E-state index in [2.05, 4.69) is 14.7 Å². The Kier molecular flexibility index (Phi) is 5.01. The second kappa shape index (κ2) is 6.31. The highest BCUT2D eigenvalue weighted by molar-refractivity contribution is 6.00. The topological polar surface area (TPSA) is 87.6 Å². The molecular weight excluding hydrogens is 264 g/mol. The van der Waals surface area contributed by atoms with Crippen LogP contribution in [0.3, 0.4) is 0 Å². The Morgan fingerprint density at radius 1 is 1.20 bits per heavy atom. The van der Waals surface area contributed by atoms with Crippen LogP contribution < -0.4 is 4.74 Å². The van der Waals surface area contributed by atoms with Crippen LogP contribution in [0.2, 0.25) is 0 Å². The molecule has 1 atom stereocenters. The number of rotatable bonds is 4. The number of carbonyl (C=O) groups is 2. The molecule has 1 unspecified atom stereocenters. The molecule has 7 nitrogen and oxygen atoms in total. The van der Waals surface area contributed by atoms with Gasteiger partial charge < -0.3 is 14.2 Å². The summed E-state index contributed by atoms with van der Waals surface area (Å²) >= 11 is 0. The van der Waals surface area contributed by atoms with Crippen molar-refractivity contribution in [1.29, 1.82) is 0 Å². The maximum atomic E-state index is 12.1. The second-order valence-corrected chi connectivity index (χ2v) is 4.95. The maximum Gasteiger partial charge on any atom is 0.328 e. The molecule has 0 spiro atoms. The van der Waals surface area contributed by atoms with E-state index >= 15 is 0 Å². The lowest BCUT2D eigenvalue weighted by Gasteiger charge is -2.22. The van der Waals surface area contributed by atoms with Crippen LogP contribution >= 0.6 is 0 Å². The average Bonchev–Trinajstić information content (AvgIpc) is 2.36. The molecule has 1 rings (SSSR count). The van der Waals surface area contributed by atoms with Crippen molar-refractivity contribution in [3.8, 4) is 5.88 Å². The predicted molar refractivity (Wildman–Crippen MR) is 69.2 cm³/mol. The monoisotopic (exact) mass is 282 g/mol. The van der Waals surface area contributed by atoms with Gasteiger partial charge in [-0.1, -0.05) is 0 Å². The van der Waals surface area contributed by atoms with E-state index in [4.69, 9.17) is 9.47 Å². The zero-order valence-electron chi connectivity index (χ0n) is 12.2. The molecule has 0 aromatic carbocycles. The third-order valence-electron chi connectivity index (χ3n) is 2.20.